The average molecular weight is 344 g/mol. The van der Waals surface area contributed by atoms with Gasteiger partial charge in [-0.05, 0) is 31.9 Å². The average Bonchev–Trinajstić information content (AvgIpc) is 3.15. The van der Waals surface area contributed by atoms with Crippen molar-refractivity contribution < 1.29 is 14.8 Å². The number of amides is 1. The minimum atomic E-state index is -0.499. The topological polar surface area (TPSA) is 102 Å². The predicted octanol–water partition coefficient (Wildman–Crippen LogP) is 2.01. The Bertz CT molecular complexity index is 773. The first-order valence-electron chi connectivity index (χ1n) is 8.21. The molecular weight excluding hydrogens is 324 g/mol. The van der Waals surface area contributed by atoms with Gasteiger partial charge in [0.15, 0.2) is 0 Å². The van der Waals surface area contributed by atoms with E-state index in [1.807, 2.05) is 0 Å². The van der Waals surface area contributed by atoms with E-state index in [4.69, 9.17) is 0 Å². The Morgan fingerprint density at radius 2 is 2.28 bits per heavy atom. The summed E-state index contributed by atoms with van der Waals surface area (Å²) in [4.78, 5) is 29.2. The second kappa shape index (κ2) is 7.02. The summed E-state index contributed by atoms with van der Waals surface area (Å²) in [5.41, 5.74) is 0.495. The lowest BCUT2D eigenvalue weighted by molar-refractivity contribution is -0.384. The van der Waals surface area contributed by atoms with Crippen LogP contribution in [0.15, 0.2) is 36.9 Å². The van der Waals surface area contributed by atoms with E-state index < -0.39 is 11.0 Å². The SMILES string of the molecule is CC(O)C1CCCN(C(=O)c2ccc(-n3ccnc3)c([N+](=O)[O-])c2)C1. The lowest BCUT2D eigenvalue weighted by Gasteiger charge is -2.34. The first-order valence-corrected chi connectivity index (χ1v) is 8.21. The van der Waals surface area contributed by atoms with Gasteiger partial charge in [-0.25, -0.2) is 4.98 Å². The molecule has 1 aliphatic heterocycles. The monoisotopic (exact) mass is 344 g/mol. The van der Waals surface area contributed by atoms with Crippen molar-refractivity contribution in [3.05, 3.63) is 52.6 Å². The molecule has 2 aromatic rings. The van der Waals surface area contributed by atoms with Crippen molar-refractivity contribution in [2.45, 2.75) is 25.9 Å². The van der Waals surface area contributed by atoms with Crippen LogP contribution in [0.4, 0.5) is 5.69 Å². The summed E-state index contributed by atoms with van der Waals surface area (Å²) in [6.45, 7) is 2.79. The number of nitrogens with zero attached hydrogens (tertiary/aromatic N) is 4. The van der Waals surface area contributed by atoms with Gasteiger partial charge in [-0.1, -0.05) is 0 Å². The van der Waals surface area contributed by atoms with E-state index in [1.54, 1.807) is 30.2 Å². The molecule has 0 spiro atoms. The van der Waals surface area contributed by atoms with E-state index >= 15 is 0 Å². The first kappa shape index (κ1) is 17.1. The molecule has 2 atom stereocenters. The Morgan fingerprint density at radius 3 is 2.92 bits per heavy atom. The maximum absolute atomic E-state index is 12.7. The number of carbonyl (C=O) groups excluding carboxylic acids is 1. The Labute approximate surface area is 144 Å². The second-order valence-corrected chi connectivity index (χ2v) is 6.32. The zero-order chi connectivity index (χ0) is 18.0. The van der Waals surface area contributed by atoms with Crippen LogP contribution in [0.5, 0.6) is 0 Å². The van der Waals surface area contributed by atoms with Crippen LogP contribution in [0, 0.1) is 16.0 Å². The van der Waals surface area contributed by atoms with Crippen LogP contribution in [0.2, 0.25) is 0 Å². The molecule has 3 rings (SSSR count). The molecule has 0 bridgehead atoms. The van der Waals surface area contributed by atoms with Crippen LogP contribution in [-0.2, 0) is 0 Å². The number of aliphatic hydroxyl groups is 1. The molecule has 8 nitrogen and oxygen atoms in total. The van der Waals surface area contributed by atoms with Gasteiger partial charge in [-0.15, -0.1) is 0 Å². The molecule has 25 heavy (non-hydrogen) atoms. The normalized spacial score (nSPS) is 18.8. The molecule has 2 unspecified atom stereocenters. The highest BCUT2D eigenvalue weighted by Gasteiger charge is 2.28. The smallest absolute Gasteiger partial charge is 0.294 e. The van der Waals surface area contributed by atoms with Crippen LogP contribution in [0.1, 0.15) is 30.1 Å². The van der Waals surface area contributed by atoms with Crippen molar-refractivity contribution in [2.24, 2.45) is 5.92 Å². The highest BCUT2D eigenvalue weighted by Crippen LogP contribution is 2.26. The van der Waals surface area contributed by atoms with E-state index in [-0.39, 0.29) is 23.1 Å². The zero-order valence-electron chi connectivity index (χ0n) is 13.9. The summed E-state index contributed by atoms with van der Waals surface area (Å²) < 4.78 is 1.54. The summed E-state index contributed by atoms with van der Waals surface area (Å²) in [5.74, 6) is -0.205. The van der Waals surface area contributed by atoms with Crippen molar-refractivity contribution in [2.75, 3.05) is 13.1 Å². The number of rotatable bonds is 4. The minimum Gasteiger partial charge on any atom is -0.393 e. The number of nitro groups is 1. The molecule has 1 amide bonds. The van der Waals surface area contributed by atoms with Crippen molar-refractivity contribution in [1.82, 2.24) is 14.5 Å². The van der Waals surface area contributed by atoms with E-state index in [0.717, 1.165) is 12.8 Å². The van der Waals surface area contributed by atoms with Crippen LogP contribution >= 0.6 is 0 Å². The number of carbonyl (C=O) groups is 1. The second-order valence-electron chi connectivity index (χ2n) is 6.32. The molecule has 1 fully saturated rings. The molecule has 1 aromatic heterocycles. The third-order valence-corrected chi connectivity index (χ3v) is 4.63. The standard InChI is InChI=1S/C17H20N4O4/c1-12(22)14-3-2-7-19(10-14)17(23)13-4-5-15(16(9-13)21(24)25)20-8-6-18-11-20/h4-6,8-9,11-12,14,22H,2-3,7,10H2,1H3. The minimum absolute atomic E-state index is 0.0397. The number of aliphatic hydroxyl groups excluding tert-OH is 1. The van der Waals surface area contributed by atoms with E-state index in [2.05, 4.69) is 4.98 Å². The summed E-state index contributed by atoms with van der Waals surface area (Å²) in [7, 11) is 0. The predicted molar refractivity (Wildman–Crippen MR) is 90.5 cm³/mol. The van der Waals surface area contributed by atoms with E-state index in [9.17, 15) is 20.0 Å². The summed E-state index contributed by atoms with van der Waals surface area (Å²) >= 11 is 0. The molecule has 0 radical (unpaired) electrons. The number of hydrogen-bond donors (Lipinski definition) is 1. The molecule has 1 N–H and O–H groups in total. The van der Waals surface area contributed by atoms with Gasteiger partial charge < -0.3 is 14.6 Å². The number of nitro benzene ring substituents is 1. The number of benzene rings is 1. The maximum Gasteiger partial charge on any atom is 0.294 e. The summed E-state index contributed by atoms with van der Waals surface area (Å²) in [6.07, 6.45) is 5.84. The van der Waals surface area contributed by atoms with Gasteiger partial charge in [0, 0.05) is 43.0 Å². The summed E-state index contributed by atoms with van der Waals surface area (Å²) in [6, 6.07) is 4.46. The van der Waals surface area contributed by atoms with Crippen molar-refractivity contribution >= 4 is 11.6 Å². The molecule has 1 aromatic carbocycles. The Hall–Kier alpha value is -2.74. The first-order chi connectivity index (χ1) is 12.0. The maximum atomic E-state index is 12.7. The Kier molecular flexibility index (Phi) is 4.80. The Morgan fingerprint density at radius 1 is 1.48 bits per heavy atom. The summed E-state index contributed by atoms with van der Waals surface area (Å²) in [5, 5.41) is 21.2. The lowest BCUT2D eigenvalue weighted by Crippen LogP contribution is -2.42. The third kappa shape index (κ3) is 3.53. The highest BCUT2D eigenvalue weighted by atomic mass is 16.6. The fourth-order valence-corrected chi connectivity index (χ4v) is 3.19. The van der Waals surface area contributed by atoms with Crippen molar-refractivity contribution in [1.29, 1.82) is 0 Å². The highest BCUT2D eigenvalue weighted by molar-refractivity contribution is 5.95. The van der Waals surface area contributed by atoms with Crippen molar-refractivity contribution in [3.63, 3.8) is 0 Å². The van der Waals surface area contributed by atoms with Crippen molar-refractivity contribution in [3.8, 4) is 5.69 Å². The van der Waals surface area contributed by atoms with Gasteiger partial charge in [-0.3, -0.25) is 14.9 Å². The number of aromatic nitrogens is 2. The molecule has 132 valence electrons. The largest absolute Gasteiger partial charge is 0.393 e. The quantitative estimate of drug-likeness (QED) is 0.675. The molecule has 1 aliphatic rings. The van der Waals surface area contributed by atoms with Gasteiger partial charge in [-0.2, -0.15) is 0 Å². The lowest BCUT2D eigenvalue weighted by atomic mass is 9.93. The number of imidazole rings is 1. The van der Waals surface area contributed by atoms with E-state index in [0.29, 0.717) is 18.8 Å². The number of likely N-dealkylation sites (tertiary alicyclic amines) is 1. The fraction of sp³-hybridized carbons (Fsp3) is 0.412. The number of hydrogen-bond acceptors (Lipinski definition) is 5. The van der Waals surface area contributed by atoms with Crippen LogP contribution < -0.4 is 0 Å². The van der Waals surface area contributed by atoms with Gasteiger partial charge in [0.25, 0.3) is 11.6 Å². The fourth-order valence-electron chi connectivity index (χ4n) is 3.19. The van der Waals surface area contributed by atoms with Crippen LogP contribution in [-0.4, -0.2) is 49.6 Å². The molecule has 8 heteroatoms. The Balaban J connectivity index is 1.88. The van der Waals surface area contributed by atoms with Gasteiger partial charge >= 0.3 is 0 Å². The van der Waals surface area contributed by atoms with Gasteiger partial charge in [0.1, 0.15) is 5.69 Å². The van der Waals surface area contributed by atoms with Gasteiger partial charge in [0.05, 0.1) is 17.4 Å². The number of piperidine rings is 1. The molecule has 1 saturated heterocycles. The molecule has 0 saturated carbocycles. The zero-order valence-corrected chi connectivity index (χ0v) is 13.9. The van der Waals surface area contributed by atoms with E-state index in [1.165, 1.54) is 23.2 Å². The van der Waals surface area contributed by atoms with Gasteiger partial charge in [0.2, 0.25) is 0 Å². The molecule has 0 aliphatic carbocycles. The third-order valence-electron chi connectivity index (χ3n) is 4.63. The molecule has 2 heterocycles. The van der Waals surface area contributed by atoms with Crippen LogP contribution in [0.25, 0.3) is 5.69 Å². The molecular formula is C17H20N4O4. The van der Waals surface area contributed by atoms with Crippen LogP contribution in [0.3, 0.4) is 0 Å².